The van der Waals surface area contributed by atoms with Gasteiger partial charge in [-0.25, -0.2) is 0 Å². The topological polar surface area (TPSA) is 20.3 Å². The standard InChI is InChI=1S/C19H17NOS/c1-13-11-16(14-5-3-2-4-6-14)17(12-21)20-9-7-15-8-10-22-19(15)18(13)20/h2-6,8,10-12,17H,7,9H2,1H3. The first-order valence-electron chi connectivity index (χ1n) is 7.56. The number of carbonyl (C=O) groups excluding carboxylic acids is 1. The first-order valence-corrected chi connectivity index (χ1v) is 8.44. The van der Waals surface area contributed by atoms with Crippen molar-refractivity contribution >= 4 is 28.9 Å². The molecule has 1 unspecified atom stereocenters. The molecule has 0 aliphatic carbocycles. The third-order valence-corrected chi connectivity index (χ3v) is 5.47. The average molecular weight is 307 g/mol. The number of nitrogens with zero attached hydrogens (tertiary/aromatic N) is 1. The maximum absolute atomic E-state index is 11.9. The molecule has 0 bridgehead atoms. The number of rotatable bonds is 2. The molecule has 1 atom stereocenters. The molecule has 110 valence electrons. The van der Waals surface area contributed by atoms with Gasteiger partial charge >= 0.3 is 0 Å². The largest absolute Gasteiger partial charge is 0.356 e. The first kappa shape index (κ1) is 13.5. The van der Waals surface area contributed by atoms with Crippen LogP contribution in [0.5, 0.6) is 0 Å². The van der Waals surface area contributed by atoms with Gasteiger partial charge in [0.25, 0.3) is 0 Å². The summed E-state index contributed by atoms with van der Waals surface area (Å²) in [6.45, 7) is 3.06. The fourth-order valence-corrected chi connectivity index (χ4v) is 4.57. The minimum atomic E-state index is -0.184. The van der Waals surface area contributed by atoms with E-state index in [1.165, 1.54) is 21.7 Å². The number of carbonyl (C=O) groups is 1. The molecule has 2 aliphatic rings. The zero-order valence-corrected chi connectivity index (χ0v) is 13.3. The first-order chi connectivity index (χ1) is 10.8. The van der Waals surface area contributed by atoms with Gasteiger partial charge in [0, 0.05) is 6.54 Å². The van der Waals surface area contributed by atoms with Crippen molar-refractivity contribution in [3.8, 4) is 0 Å². The van der Waals surface area contributed by atoms with Crippen LogP contribution in [0.25, 0.3) is 11.3 Å². The second kappa shape index (κ2) is 5.25. The molecule has 0 spiro atoms. The minimum absolute atomic E-state index is 0.184. The lowest BCUT2D eigenvalue weighted by Gasteiger charge is -2.40. The number of benzene rings is 1. The van der Waals surface area contributed by atoms with E-state index in [0.717, 1.165) is 30.4 Å². The van der Waals surface area contributed by atoms with Crippen molar-refractivity contribution in [3.63, 3.8) is 0 Å². The van der Waals surface area contributed by atoms with Crippen molar-refractivity contribution in [1.82, 2.24) is 4.90 Å². The Balaban J connectivity index is 1.90. The summed E-state index contributed by atoms with van der Waals surface area (Å²) in [6.07, 6.45) is 4.29. The summed E-state index contributed by atoms with van der Waals surface area (Å²) < 4.78 is 0. The predicted molar refractivity (Wildman–Crippen MR) is 91.6 cm³/mol. The van der Waals surface area contributed by atoms with Crippen molar-refractivity contribution < 1.29 is 4.79 Å². The molecule has 2 aromatic rings. The monoisotopic (exact) mass is 307 g/mol. The fourth-order valence-electron chi connectivity index (χ4n) is 3.49. The van der Waals surface area contributed by atoms with E-state index in [-0.39, 0.29) is 6.04 Å². The second-order valence-electron chi connectivity index (χ2n) is 5.80. The van der Waals surface area contributed by atoms with Gasteiger partial charge in [0.15, 0.2) is 0 Å². The van der Waals surface area contributed by atoms with Gasteiger partial charge < -0.3 is 9.69 Å². The minimum Gasteiger partial charge on any atom is -0.356 e. The van der Waals surface area contributed by atoms with Crippen molar-refractivity contribution in [2.24, 2.45) is 0 Å². The summed E-state index contributed by atoms with van der Waals surface area (Å²) >= 11 is 1.78. The quantitative estimate of drug-likeness (QED) is 0.782. The number of thiophene rings is 1. The van der Waals surface area contributed by atoms with Crippen LogP contribution in [0.2, 0.25) is 0 Å². The molecule has 0 amide bonds. The fraction of sp³-hybridized carbons (Fsp3) is 0.211. The highest BCUT2D eigenvalue weighted by Crippen LogP contribution is 2.42. The normalized spacial score (nSPS) is 20.3. The highest BCUT2D eigenvalue weighted by Gasteiger charge is 2.34. The Labute approximate surface area is 134 Å². The zero-order chi connectivity index (χ0) is 15.1. The molecule has 3 heteroatoms. The molecule has 22 heavy (non-hydrogen) atoms. The van der Waals surface area contributed by atoms with Crippen molar-refractivity contribution in [2.45, 2.75) is 19.4 Å². The van der Waals surface area contributed by atoms with Crippen molar-refractivity contribution in [2.75, 3.05) is 6.54 Å². The average Bonchev–Trinajstić information content (AvgIpc) is 3.03. The lowest BCUT2D eigenvalue weighted by molar-refractivity contribution is -0.110. The molecule has 4 rings (SSSR count). The molecular formula is C19H17NOS. The molecule has 0 fully saturated rings. The molecule has 2 nitrogen and oxygen atoms in total. The van der Waals surface area contributed by atoms with Crippen LogP contribution in [0.3, 0.4) is 0 Å². The van der Waals surface area contributed by atoms with Gasteiger partial charge in [-0.2, -0.15) is 0 Å². The lowest BCUT2D eigenvalue weighted by atomic mass is 9.88. The summed E-state index contributed by atoms with van der Waals surface area (Å²) in [7, 11) is 0. The number of hydrogen-bond donors (Lipinski definition) is 0. The van der Waals surface area contributed by atoms with Gasteiger partial charge in [-0.3, -0.25) is 0 Å². The molecule has 1 aromatic carbocycles. The number of allylic oxidation sites excluding steroid dienone is 2. The zero-order valence-electron chi connectivity index (χ0n) is 12.5. The molecule has 2 aliphatic heterocycles. The second-order valence-corrected chi connectivity index (χ2v) is 6.71. The molecule has 0 saturated heterocycles. The highest BCUT2D eigenvalue weighted by atomic mass is 32.1. The van der Waals surface area contributed by atoms with Gasteiger partial charge in [0.05, 0.1) is 10.6 Å². The molecule has 3 heterocycles. The Morgan fingerprint density at radius 2 is 2.05 bits per heavy atom. The van der Waals surface area contributed by atoms with E-state index in [1.54, 1.807) is 11.3 Å². The van der Waals surface area contributed by atoms with Crippen LogP contribution in [0.4, 0.5) is 0 Å². The van der Waals surface area contributed by atoms with Gasteiger partial charge in [-0.15, -0.1) is 11.3 Å². The Morgan fingerprint density at radius 1 is 1.23 bits per heavy atom. The number of fused-ring (bicyclic) bond motifs is 3. The Bertz CT molecular complexity index is 785. The maximum atomic E-state index is 11.9. The van der Waals surface area contributed by atoms with Gasteiger partial charge in [0.1, 0.15) is 12.3 Å². The Hall–Kier alpha value is -2.13. The lowest BCUT2D eigenvalue weighted by Crippen LogP contribution is -2.41. The van der Waals surface area contributed by atoms with E-state index in [9.17, 15) is 4.79 Å². The van der Waals surface area contributed by atoms with E-state index in [1.807, 2.05) is 18.2 Å². The molecule has 0 radical (unpaired) electrons. The molecular weight excluding hydrogens is 290 g/mol. The Kier molecular flexibility index (Phi) is 3.23. The molecule has 1 aromatic heterocycles. The van der Waals surface area contributed by atoms with E-state index in [2.05, 4.69) is 41.5 Å². The SMILES string of the molecule is CC1=C2c3sccc3CCN2C(C=O)C(c2ccccc2)=C1. The summed E-state index contributed by atoms with van der Waals surface area (Å²) in [5.41, 5.74) is 6.15. The van der Waals surface area contributed by atoms with E-state index in [4.69, 9.17) is 0 Å². The third kappa shape index (κ3) is 1.97. The summed E-state index contributed by atoms with van der Waals surface area (Å²) in [5.74, 6) is 0. The van der Waals surface area contributed by atoms with E-state index >= 15 is 0 Å². The van der Waals surface area contributed by atoms with E-state index in [0.29, 0.717) is 0 Å². The van der Waals surface area contributed by atoms with Crippen LogP contribution in [-0.2, 0) is 11.2 Å². The summed E-state index contributed by atoms with van der Waals surface area (Å²) in [6, 6.07) is 12.3. The third-order valence-electron chi connectivity index (χ3n) is 4.51. The highest BCUT2D eigenvalue weighted by molar-refractivity contribution is 7.11. The van der Waals surface area contributed by atoms with Gasteiger partial charge in [-0.1, -0.05) is 36.4 Å². The Morgan fingerprint density at radius 3 is 2.82 bits per heavy atom. The van der Waals surface area contributed by atoms with Crippen LogP contribution >= 0.6 is 11.3 Å². The molecule has 0 N–H and O–H groups in total. The van der Waals surface area contributed by atoms with Crippen molar-refractivity contribution in [3.05, 3.63) is 69.4 Å². The maximum Gasteiger partial charge on any atom is 0.147 e. The predicted octanol–water partition coefficient (Wildman–Crippen LogP) is 4.00. The smallest absolute Gasteiger partial charge is 0.147 e. The van der Waals surface area contributed by atoms with Crippen LogP contribution in [-0.4, -0.2) is 23.8 Å². The van der Waals surface area contributed by atoms with Crippen LogP contribution < -0.4 is 0 Å². The summed E-state index contributed by atoms with van der Waals surface area (Å²) in [5, 5.41) is 2.15. The van der Waals surface area contributed by atoms with E-state index < -0.39 is 0 Å². The van der Waals surface area contributed by atoms with Crippen LogP contribution in [0.1, 0.15) is 22.9 Å². The van der Waals surface area contributed by atoms with Crippen molar-refractivity contribution in [1.29, 1.82) is 0 Å². The van der Waals surface area contributed by atoms with Gasteiger partial charge in [0.2, 0.25) is 0 Å². The number of aldehydes is 1. The van der Waals surface area contributed by atoms with Gasteiger partial charge in [-0.05, 0) is 47.1 Å². The van der Waals surface area contributed by atoms with Crippen LogP contribution in [0.15, 0.2) is 53.4 Å². The van der Waals surface area contributed by atoms with Crippen LogP contribution in [0, 0.1) is 0 Å². The summed E-state index contributed by atoms with van der Waals surface area (Å²) in [4.78, 5) is 15.5. The molecule has 0 saturated carbocycles. The number of hydrogen-bond acceptors (Lipinski definition) is 3.